The molecule has 144 valence electrons. The van der Waals surface area contributed by atoms with E-state index < -0.39 is 30.0 Å². The maximum atomic E-state index is 12.5. The number of anilines is 1. The van der Waals surface area contributed by atoms with Crippen molar-refractivity contribution in [2.75, 3.05) is 5.43 Å². The number of hydrogen-bond donors (Lipinski definition) is 3. The maximum Gasteiger partial charge on any atom is 0.246 e. The first-order valence-corrected chi connectivity index (χ1v) is 9.33. The van der Waals surface area contributed by atoms with E-state index in [9.17, 15) is 14.7 Å². The molecule has 4 unspecified atom stereocenters. The molecule has 1 aromatic heterocycles. The van der Waals surface area contributed by atoms with Crippen molar-refractivity contribution in [3.8, 4) is 0 Å². The standard InChI is InChI=1S/C19H16Cl2N4O3/c20-10-4-6-13(12(21)9-10)24-25-15(17(26)14-3-1-2-8-22-14)7-5-11-16(25)19(28)23-18(11)27/h1-9,11,15-17,24,26H,(H,23,27,28). The zero-order chi connectivity index (χ0) is 19.8. The molecule has 0 spiro atoms. The zero-order valence-corrected chi connectivity index (χ0v) is 15.9. The highest BCUT2D eigenvalue weighted by molar-refractivity contribution is 6.36. The van der Waals surface area contributed by atoms with E-state index in [1.807, 2.05) is 0 Å². The van der Waals surface area contributed by atoms with Crippen molar-refractivity contribution < 1.29 is 14.7 Å². The van der Waals surface area contributed by atoms with Crippen molar-refractivity contribution in [1.29, 1.82) is 0 Å². The number of hydrazine groups is 1. The van der Waals surface area contributed by atoms with E-state index in [1.54, 1.807) is 59.8 Å². The summed E-state index contributed by atoms with van der Waals surface area (Å²) in [7, 11) is 0. The topological polar surface area (TPSA) is 94.6 Å². The SMILES string of the molecule is O=C1NC(=O)C2C1C=CC(C(O)c1ccccn1)N2Nc1ccc(Cl)cc1Cl. The molecule has 9 heteroatoms. The summed E-state index contributed by atoms with van der Waals surface area (Å²) in [5, 5.41) is 15.6. The molecule has 2 aromatic rings. The molecule has 2 aliphatic rings. The predicted octanol–water partition coefficient (Wildman–Crippen LogP) is 2.33. The Balaban J connectivity index is 1.73. The number of hydrogen-bond acceptors (Lipinski definition) is 6. The van der Waals surface area contributed by atoms with Crippen LogP contribution >= 0.6 is 23.2 Å². The fourth-order valence-electron chi connectivity index (χ4n) is 3.44. The molecule has 4 rings (SSSR count). The molecule has 4 atom stereocenters. The van der Waals surface area contributed by atoms with Gasteiger partial charge in [-0.05, 0) is 30.3 Å². The van der Waals surface area contributed by atoms with Gasteiger partial charge in [0.2, 0.25) is 11.8 Å². The number of benzene rings is 1. The van der Waals surface area contributed by atoms with E-state index in [-0.39, 0.29) is 5.91 Å². The third kappa shape index (κ3) is 3.38. The number of aliphatic hydroxyl groups excluding tert-OH is 1. The van der Waals surface area contributed by atoms with Gasteiger partial charge in [-0.1, -0.05) is 41.4 Å². The summed E-state index contributed by atoms with van der Waals surface area (Å²) in [5.74, 6) is -1.50. The molecule has 0 saturated carbocycles. The van der Waals surface area contributed by atoms with E-state index in [4.69, 9.17) is 23.2 Å². The van der Waals surface area contributed by atoms with Crippen LogP contribution in [0.3, 0.4) is 0 Å². The fraction of sp³-hybridized carbons (Fsp3) is 0.211. The van der Waals surface area contributed by atoms with Crippen LogP contribution in [0, 0.1) is 5.92 Å². The Morgan fingerprint density at radius 1 is 1.14 bits per heavy atom. The highest BCUT2D eigenvalue weighted by Crippen LogP contribution is 2.34. The monoisotopic (exact) mass is 418 g/mol. The normalized spacial score (nSPS) is 25.3. The van der Waals surface area contributed by atoms with Gasteiger partial charge in [-0.3, -0.25) is 19.9 Å². The molecular formula is C19H16Cl2N4O3. The second-order valence-corrected chi connectivity index (χ2v) is 7.39. The lowest BCUT2D eigenvalue weighted by Crippen LogP contribution is -2.55. The number of nitrogens with one attached hydrogen (secondary N) is 2. The van der Waals surface area contributed by atoms with Crippen molar-refractivity contribution in [2.45, 2.75) is 18.2 Å². The summed E-state index contributed by atoms with van der Waals surface area (Å²) in [6.45, 7) is 0. The zero-order valence-electron chi connectivity index (χ0n) is 14.4. The Labute approximate surface area is 170 Å². The van der Waals surface area contributed by atoms with Crippen LogP contribution in [-0.2, 0) is 9.59 Å². The van der Waals surface area contributed by atoms with Gasteiger partial charge in [-0.25, -0.2) is 5.01 Å². The molecule has 1 aromatic carbocycles. The Morgan fingerprint density at radius 3 is 2.68 bits per heavy atom. The summed E-state index contributed by atoms with van der Waals surface area (Å²) in [6, 6.07) is 8.57. The number of amides is 2. The van der Waals surface area contributed by atoms with Crippen molar-refractivity contribution in [2.24, 2.45) is 5.92 Å². The maximum absolute atomic E-state index is 12.5. The van der Waals surface area contributed by atoms with Gasteiger partial charge in [-0.2, -0.15) is 0 Å². The lowest BCUT2D eigenvalue weighted by Gasteiger charge is -2.40. The van der Waals surface area contributed by atoms with Gasteiger partial charge in [0.1, 0.15) is 12.1 Å². The summed E-state index contributed by atoms with van der Waals surface area (Å²) in [6.07, 6.45) is 3.87. The average molecular weight is 419 g/mol. The number of pyridine rings is 1. The minimum Gasteiger partial charge on any atom is -0.385 e. The molecule has 7 nitrogen and oxygen atoms in total. The number of carbonyl (C=O) groups excluding carboxylic acids is 2. The van der Waals surface area contributed by atoms with Gasteiger partial charge in [-0.15, -0.1) is 0 Å². The van der Waals surface area contributed by atoms with Crippen LogP contribution in [0.5, 0.6) is 0 Å². The number of carbonyl (C=O) groups is 2. The molecule has 2 amide bonds. The second-order valence-electron chi connectivity index (χ2n) is 6.54. The quantitative estimate of drug-likeness (QED) is 0.520. The van der Waals surface area contributed by atoms with Gasteiger partial charge in [0, 0.05) is 11.2 Å². The number of rotatable bonds is 4. The smallest absolute Gasteiger partial charge is 0.246 e. The molecule has 1 fully saturated rings. The molecular weight excluding hydrogens is 403 g/mol. The van der Waals surface area contributed by atoms with E-state index in [0.29, 0.717) is 21.4 Å². The molecule has 28 heavy (non-hydrogen) atoms. The van der Waals surface area contributed by atoms with Crippen molar-refractivity contribution in [3.63, 3.8) is 0 Å². The largest absolute Gasteiger partial charge is 0.385 e. The molecule has 0 bridgehead atoms. The number of halogens is 2. The van der Waals surface area contributed by atoms with E-state index >= 15 is 0 Å². The second kappa shape index (κ2) is 7.52. The van der Waals surface area contributed by atoms with Crippen LogP contribution in [0.2, 0.25) is 10.0 Å². The molecule has 0 aliphatic carbocycles. The number of fused-ring (bicyclic) bond motifs is 1. The highest BCUT2D eigenvalue weighted by atomic mass is 35.5. The van der Waals surface area contributed by atoms with Crippen LogP contribution in [0.25, 0.3) is 0 Å². The number of nitrogens with zero attached hydrogens (tertiary/aromatic N) is 2. The summed E-state index contributed by atoms with van der Waals surface area (Å²) in [5.41, 5.74) is 4.02. The van der Waals surface area contributed by atoms with Crippen LogP contribution < -0.4 is 10.7 Å². The lowest BCUT2D eigenvalue weighted by molar-refractivity contribution is -0.126. The van der Waals surface area contributed by atoms with Gasteiger partial charge in [0.25, 0.3) is 0 Å². The van der Waals surface area contributed by atoms with E-state index in [2.05, 4.69) is 15.7 Å². The van der Waals surface area contributed by atoms with Gasteiger partial charge in [0.05, 0.1) is 28.4 Å². The molecule has 3 heterocycles. The minimum atomic E-state index is -1.04. The van der Waals surface area contributed by atoms with Crippen LogP contribution in [0.15, 0.2) is 54.7 Å². The lowest BCUT2D eigenvalue weighted by atomic mass is 9.92. The van der Waals surface area contributed by atoms with Crippen molar-refractivity contribution >= 4 is 40.7 Å². The average Bonchev–Trinajstić information content (AvgIpc) is 2.98. The molecule has 3 N–H and O–H groups in total. The first kappa shape index (κ1) is 18.9. The Hall–Kier alpha value is -2.45. The molecule has 1 saturated heterocycles. The molecule has 0 radical (unpaired) electrons. The van der Waals surface area contributed by atoms with Crippen molar-refractivity contribution in [3.05, 3.63) is 70.5 Å². The highest BCUT2D eigenvalue weighted by Gasteiger charge is 2.49. The van der Waals surface area contributed by atoms with Gasteiger partial charge >= 0.3 is 0 Å². The summed E-state index contributed by atoms with van der Waals surface area (Å²) < 4.78 is 0. The summed E-state index contributed by atoms with van der Waals surface area (Å²) >= 11 is 12.2. The number of imide groups is 1. The Morgan fingerprint density at radius 2 is 1.96 bits per heavy atom. The van der Waals surface area contributed by atoms with Crippen LogP contribution in [0.1, 0.15) is 11.8 Å². The summed E-state index contributed by atoms with van der Waals surface area (Å²) in [4.78, 5) is 28.8. The van der Waals surface area contributed by atoms with Crippen molar-refractivity contribution in [1.82, 2.24) is 15.3 Å². The Kier molecular flexibility index (Phi) is 5.07. The van der Waals surface area contributed by atoms with E-state index in [0.717, 1.165) is 0 Å². The minimum absolute atomic E-state index is 0.342. The number of aliphatic hydroxyl groups is 1. The van der Waals surface area contributed by atoms with Crippen LogP contribution in [0.4, 0.5) is 5.69 Å². The first-order valence-electron chi connectivity index (χ1n) is 8.58. The van der Waals surface area contributed by atoms with Crippen LogP contribution in [-0.4, -0.2) is 39.0 Å². The molecule has 2 aliphatic heterocycles. The van der Waals surface area contributed by atoms with Gasteiger partial charge < -0.3 is 10.5 Å². The third-order valence-corrected chi connectivity index (χ3v) is 5.34. The first-order chi connectivity index (χ1) is 13.5. The Bertz CT molecular complexity index is 953. The predicted molar refractivity (Wildman–Crippen MR) is 104 cm³/mol. The number of aromatic nitrogens is 1. The third-order valence-electron chi connectivity index (χ3n) is 4.79. The van der Waals surface area contributed by atoms with Gasteiger partial charge in [0.15, 0.2) is 0 Å². The fourth-order valence-corrected chi connectivity index (χ4v) is 3.89. The van der Waals surface area contributed by atoms with E-state index in [1.165, 1.54) is 0 Å².